The van der Waals surface area contributed by atoms with Crippen LogP contribution in [0.5, 0.6) is 0 Å². The van der Waals surface area contributed by atoms with Crippen molar-refractivity contribution in [3.05, 3.63) is 29.3 Å². The van der Waals surface area contributed by atoms with Crippen molar-refractivity contribution in [2.24, 2.45) is 16.7 Å². The Morgan fingerprint density at radius 2 is 1.81 bits per heavy atom. The predicted octanol–water partition coefficient (Wildman–Crippen LogP) is 3.83. The summed E-state index contributed by atoms with van der Waals surface area (Å²) in [7, 11) is -3.48. The summed E-state index contributed by atoms with van der Waals surface area (Å²) in [4.78, 5) is 0.288. The molecule has 1 aromatic rings. The van der Waals surface area contributed by atoms with Gasteiger partial charge >= 0.3 is 0 Å². The Kier molecular flexibility index (Phi) is 3.43. The molecule has 0 aromatic heterocycles. The molecule has 0 unspecified atom stereocenters. The van der Waals surface area contributed by atoms with E-state index in [1.807, 2.05) is 0 Å². The molecule has 2 bridgehead atoms. The summed E-state index contributed by atoms with van der Waals surface area (Å²) >= 11 is 5.83. The van der Waals surface area contributed by atoms with Gasteiger partial charge in [0.05, 0.1) is 4.90 Å². The fourth-order valence-corrected chi connectivity index (χ4v) is 5.74. The topological polar surface area (TPSA) is 46.2 Å². The van der Waals surface area contributed by atoms with E-state index < -0.39 is 10.0 Å². The van der Waals surface area contributed by atoms with Crippen molar-refractivity contribution in [1.82, 2.24) is 4.72 Å². The third kappa shape index (κ3) is 2.23. The van der Waals surface area contributed by atoms with Gasteiger partial charge in [-0.15, -0.1) is 0 Å². The lowest BCUT2D eigenvalue weighted by molar-refractivity contribution is 0.130. The smallest absolute Gasteiger partial charge is 0.207 e. The van der Waals surface area contributed by atoms with Gasteiger partial charge in [-0.25, -0.2) is 13.1 Å². The van der Waals surface area contributed by atoms with Gasteiger partial charge in [-0.05, 0) is 60.3 Å². The maximum atomic E-state index is 12.6. The zero-order valence-corrected chi connectivity index (χ0v) is 14.3. The molecule has 0 aliphatic heterocycles. The molecule has 2 fully saturated rings. The predicted molar refractivity (Wildman–Crippen MR) is 84.8 cm³/mol. The summed E-state index contributed by atoms with van der Waals surface area (Å²) in [5, 5.41) is 0.543. The standard InChI is InChI=1S/C16H22ClNO2S/c1-15(2)11-8-9-16(15,3)14(10-11)18-21(19,20)13-6-4-12(17)5-7-13/h4-7,11,14,18H,8-10H2,1-3H3/t11-,14-,16-/m1/s1. The molecule has 0 saturated heterocycles. The highest BCUT2D eigenvalue weighted by molar-refractivity contribution is 7.89. The third-order valence-electron chi connectivity index (χ3n) is 6.22. The number of halogens is 1. The largest absolute Gasteiger partial charge is 0.240 e. The Labute approximate surface area is 132 Å². The molecule has 21 heavy (non-hydrogen) atoms. The first-order chi connectivity index (χ1) is 9.67. The number of nitrogens with one attached hydrogen (secondary N) is 1. The van der Waals surface area contributed by atoms with E-state index >= 15 is 0 Å². The first-order valence-corrected chi connectivity index (χ1v) is 9.31. The van der Waals surface area contributed by atoms with Crippen molar-refractivity contribution >= 4 is 21.6 Å². The minimum Gasteiger partial charge on any atom is -0.207 e. The lowest BCUT2D eigenvalue weighted by Gasteiger charge is -2.39. The van der Waals surface area contributed by atoms with Crippen molar-refractivity contribution in [2.75, 3.05) is 0 Å². The molecule has 2 saturated carbocycles. The maximum absolute atomic E-state index is 12.6. The van der Waals surface area contributed by atoms with Gasteiger partial charge in [-0.3, -0.25) is 0 Å². The van der Waals surface area contributed by atoms with Crippen molar-refractivity contribution in [3.63, 3.8) is 0 Å². The molecule has 0 heterocycles. The summed E-state index contributed by atoms with van der Waals surface area (Å²) in [6.07, 6.45) is 3.25. The molecular weight excluding hydrogens is 306 g/mol. The van der Waals surface area contributed by atoms with Crippen LogP contribution in [0.4, 0.5) is 0 Å². The first-order valence-electron chi connectivity index (χ1n) is 7.45. The Morgan fingerprint density at radius 3 is 2.29 bits per heavy atom. The van der Waals surface area contributed by atoms with Crippen LogP contribution >= 0.6 is 11.6 Å². The molecule has 0 spiro atoms. The highest BCUT2D eigenvalue weighted by Gasteiger charge is 2.61. The van der Waals surface area contributed by atoms with Crippen LogP contribution in [0.15, 0.2) is 29.2 Å². The number of sulfonamides is 1. The van der Waals surface area contributed by atoms with Crippen LogP contribution in [0.25, 0.3) is 0 Å². The van der Waals surface area contributed by atoms with Crippen molar-refractivity contribution in [2.45, 2.75) is 51.0 Å². The van der Waals surface area contributed by atoms with Crippen molar-refractivity contribution in [3.8, 4) is 0 Å². The van der Waals surface area contributed by atoms with Crippen LogP contribution in [0.3, 0.4) is 0 Å². The van der Waals surface area contributed by atoms with Crippen LogP contribution in [0, 0.1) is 16.7 Å². The Bertz CT molecular complexity index is 653. The van der Waals surface area contributed by atoms with Gasteiger partial charge in [0.25, 0.3) is 0 Å². The Hall–Kier alpha value is -0.580. The van der Waals surface area contributed by atoms with Crippen LogP contribution in [0.2, 0.25) is 5.02 Å². The minimum absolute atomic E-state index is 0.0203. The van der Waals surface area contributed by atoms with E-state index in [1.165, 1.54) is 6.42 Å². The first kappa shape index (κ1) is 15.3. The number of fused-ring (bicyclic) bond motifs is 2. The molecule has 0 radical (unpaired) electrons. The van der Waals surface area contributed by atoms with E-state index in [9.17, 15) is 8.42 Å². The van der Waals surface area contributed by atoms with E-state index in [0.717, 1.165) is 12.8 Å². The number of hydrogen-bond acceptors (Lipinski definition) is 2. The molecule has 1 aromatic carbocycles. The molecular formula is C16H22ClNO2S. The van der Waals surface area contributed by atoms with Crippen molar-refractivity contribution < 1.29 is 8.42 Å². The van der Waals surface area contributed by atoms with Crippen LogP contribution in [-0.2, 0) is 10.0 Å². The molecule has 2 aliphatic carbocycles. The van der Waals surface area contributed by atoms with Crippen LogP contribution < -0.4 is 4.72 Å². The average Bonchev–Trinajstić information content (AvgIpc) is 2.72. The van der Waals surface area contributed by atoms with Gasteiger partial charge in [0.2, 0.25) is 10.0 Å². The van der Waals surface area contributed by atoms with Crippen molar-refractivity contribution in [1.29, 1.82) is 0 Å². The Morgan fingerprint density at radius 1 is 1.19 bits per heavy atom. The van der Waals surface area contributed by atoms with E-state index in [2.05, 4.69) is 25.5 Å². The number of hydrogen-bond donors (Lipinski definition) is 1. The van der Waals surface area contributed by atoms with Gasteiger partial charge in [0.1, 0.15) is 0 Å². The summed E-state index contributed by atoms with van der Waals surface area (Å²) < 4.78 is 28.1. The second-order valence-electron chi connectivity index (χ2n) is 7.24. The monoisotopic (exact) mass is 327 g/mol. The summed E-state index contributed by atoms with van der Waals surface area (Å²) in [6, 6.07) is 6.37. The van der Waals surface area contributed by atoms with E-state index in [0.29, 0.717) is 10.9 Å². The maximum Gasteiger partial charge on any atom is 0.240 e. The van der Waals surface area contributed by atoms with Gasteiger partial charge < -0.3 is 0 Å². The van der Waals surface area contributed by atoms with Gasteiger partial charge in [0.15, 0.2) is 0 Å². The fourth-order valence-electron chi connectivity index (χ4n) is 4.25. The zero-order chi connectivity index (χ0) is 15.5. The second kappa shape index (κ2) is 4.71. The molecule has 5 heteroatoms. The number of rotatable bonds is 3. The quantitative estimate of drug-likeness (QED) is 0.917. The molecule has 1 N–H and O–H groups in total. The lowest BCUT2D eigenvalue weighted by Crippen LogP contribution is -2.46. The lowest BCUT2D eigenvalue weighted by atomic mass is 9.69. The van der Waals surface area contributed by atoms with Gasteiger partial charge in [-0.2, -0.15) is 0 Å². The SMILES string of the molecule is CC1(C)[C@@H]2CC[C@]1(C)[C@H](NS(=O)(=O)c1ccc(Cl)cc1)C2. The van der Waals surface area contributed by atoms with E-state index in [4.69, 9.17) is 11.6 Å². The fraction of sp³-hybridized carbons (Fsp3) is 0.625. The molecule has 3 rings (SSSR count). The summed E-state index contributed by atoms with van der Waals surface area (Å²) in [6.45, 7) is 6.79. The molecule has 0 amide bonds. The van der Waals surface area contributed by atoms with E-state index in [-0.39, 0.29) is 21.8 Å². The van der Waals surface area contributed by atoms with Gasteiger partial charge in [-0.1, -0.05) is 32.4 Å². The van der Waals surface area contributed by atoms with Crippen LogP contribution in [0.1, 0.15) is 40.0 Å². The molecule has 3 nitrogen and oxygen atoms in total. The summed E-state index contributed by atoms with van der Waals surface area (Å²) in [5.74, 6) is 0.611. The molecule has 3 atom stereocenters. The molecule has 2 aliphatic rings. The van der Waals surface area contributed by atoms with Crippen LogP contribution in [-0.4, -0.2) is 14.5 Å². The number of benzene rings is 1. The summed E-state index contributed by atoms with van der Waals surface area (Å²) in [5.41, 5.74) is 0.233. The minimum atomic E-state index is -3.48. The highest BCUT2D eigenvalue weighted by atomic mass is 35.5. The second-order valence-corrected chi connectivity index (χ2v) is 9.39. The Balaban J connectivity index is 1.86. The average molecular weight is 328 g/mol. The van der Waals surface area contributed by atoms with E-state index in [1.54, 1.807) is 24.3 Å². The zero-order valence-electron chi connectivity index (χ0n) is 12.7. The third-order valence-corrected chi connectivity index (χ3v) is 7.95. The highest BCUT2D eigenvalue weighted by Crippen LogP contribution is 2.65. The normalized spacial score (nSPS) is 34.3. The molecule has 116 valence electrons. The van der Waals surface area contributed by atoms with Gasteiger partial charge in [0, 0.05) is 11.1 Å².